The minimum absolute atomic E-state index is 0.113. The highest BCUT2D eigenvalue weighted by atomic mass is 79.9. The number of nitrogens with zero attached hydrogens (tertiary/aromatic N) is 3. The van der Waals surface area contributed by atoms with E-state index in [-0.39, 0.29) is 12.1 Å². The second-order valence-corrected chi connectivity index (χ2v) is 11.2. The predicted octanol–water partition coefficient (Wildman–Crippen LogP) is 8.23. The number of nitrogens with one attached hydrogen (secondary N) is 1. The highest BCUT2D eigenvalue weighted by Gasteiger charge is 2.42. The molecular weight excluding hydrogens is 596 g/mol. The third-order valence-corrected chi connectivity index (χ3v) is 8.17. The molecule has 0 aliphatic carbocycles. The molecule has 0 unspecified atom stereocenters. The van der Waals surface area contributed by atoms with Gasteiger partial charge in [0.1, 0.15) is 17.2 Å². The van der Waals surface area contributed by atoms with Crippen LogP contribution >= 0.6 is 28.1 Å². The molecule has 3 heterocycles. The minimum Gasteiger partial charge on any atom is -0.497 e. The van der Waals surface area contributed by atoms with E-state index in [0.717, 1.165) is 50.2 Å². The van der Waals surface area contributed by atoms with Crippen LogP contribution in [0.4, 0.5) is 5.69 Å². The van der Waals surface area contributed by atoms with Crippen LogP contribution in [0.25, 0.3) is 5.69 Å². The molecule has 206 valence electrons. The summed E-state index contributed by atoms with van der Waals surface area (Å²) in [5.74, 6) is 2.27. The number of pyridine rings is 1. The fourth-order valence-corrected chi connectivity index (χ4v) is 6.24. The van der Waals surface area contributed by atoms with Crippen molar-refractivity contribution < 1.29 is 9.47 Å². The van der Waals surface area contributed by atoms with Crippen molar-refractivity contribution in [3.63, 3.8) is 0 Å². The summed E-state index contributed by atoms with van der Waals surface area (Å²) in [5.41, 5.74) is 6.51. The molecule has 1 N–H and O–H groups in total. The topological polar surface area (TPSA) is 51.6 Å². The normalized spacial score (nSPS) is 16.5. The molecule has 1 saturated heterocycles. The Bertz CT molecular complexity index is 1690. The average molecular weight is 626 g/mol. The molecule has 0 amide bonds. The maximum Gasteiger partial charge on any atom is 0.174 e. The molecule has 8 heteroatoms. The van der Waals surface area contributed by atoms with Crippen LogP contribution in [-0.2, 0) is 0 Å². The van der Waals surface area contributed by atoms with E-state index in [9.17, 15) is 0 Å². The summed E-state index contributed by atoms with van der Waals surface area (Å²) in [7, 11) is 1.65. The van der Waals surface area contributed by atoms with Crippen molar-refractivity contribution >= 4 is 38.9 Å². The number of aryl methyl sites for hydroxylation is 1. The second-order valence-electron chi connectivity index (χ2n) is 9.91. The number of ether oxygens (including phenoxy) is 2. The first-order valence-electron chi connectivity index (χ1n) is 13.3. The Hall–Kier alpha value is -4.14. The third-order valence-electron chi connectivity index (χ3n) is 7.36. The van der Waals surface area contributed by atoms with Gasteiger partial charge < -0.3 is 24.3 Å². The third kappa shape index (κ3) is 5.33. The van der Waals surface area contributed by atoms with Crippen LogP contribution in [0.2, 0.25) is 0 Å². The lowest BCUT2D eigenvalue weighted by Crippen LogP contribution is -2.29. The minimum atomic E-state index is -0.129. The fraction of sp³-hybridized carbons (Fsp3) is 0.152. The van der Waals surface area contributed by atoms with Gasteiger partial charge in [0.15, 0.2) is 5.11 Å². The molecule has 6 rings (SSSR count). The number of anilines is 1. The second kappa shape index (κ2) is 11.4. The van der Waals surface area contributed by atoms with Crippen molar-refractivity contribution in [2.75, 3.05) is 12.0 Å². The smallest absolute Gasteiger partial charge is 0.174 e. The van der Waals surface area contributed by atoms with Gasteiger partial charge in [-0.3, -0.25) is 4.98 Å². The monoisotopic (exact) mass is 624 g/mol. The summed E-state index contributed by atoms with van der Waals surface area (Å²) in [6, 6.07) is 32.0. The van der Waals surface area contributed by atoms with Gasteiger partial charge in [-0.05, 0) is 117 Å². The molecule has 0 spiro atoms. The first-order chi connectivity index (χ1) is 19.9. The van der Waals surface area contributed by atoms with Gasteiger partial charge >= 0.3 is 0 Å². The summed E-state index contributed by atoms with van der Waals surface area (Å²) in [4.78, 5) is 6.90. The van der Waals surface area contributed by atoms with Crippen LogP contribution in [0.1, 0.15) is 34.7 Å². The molecule has 0 saturated carbocycles. The molecule has 0 radical (unpaired) electrons. The molecule has 1 aliphatic rings. The Morgan fingerprint density at radius 1 is 0.829 bits per heavy atom. The number of hydrogen-bond donors (Lipinski definition) is 1. The molecular formula is C33H29BrN4O2S. The summed E-state index contributed by atoms with van der Waals surface area (Å²) in [5, 5.41) is 4.23. The van der Waals surface area contributed by atoms with Crippen molar-refractivity contribution in [3.8, 4) is 22.9 Å². The molecule has 2 atom stereocenters. The molecule has 6 nitrogen and oxygen atoms in total. The van der Waals surface area contributed by atoms with Crippen LogP contribution < -0.4 is 19.7 Å². The molecule has 5 aromatic rings. The fourth-order valence-electron chi connectivity index (χ4n) is 5.50. The van der Waals surface area contributed by atoms with Gasteiger partial charge in [-0.15, -0.1) is 0 Å². The summed E-state index contributed by atoms with van der Waals surface area (Å²) in [6.07, 6.45) is 1.83. The van der Waals surface area contributed by atoms with Gasteiger partial charge in [0.2, 0.25) is 0 Å². The maximum atomic E-state index is 6.08. The Labute approximate surface area is 253 Å². The highest BCUT2D eigenvalue weighted by molar-refractivity contribution is 9.10. The lowest BCUT2D eigenvalue weighted by atomic mass is 9.96. The zero-order valence-electron chi connectivity index (χ0n) is 22.9. The Kier molecular flexibility index (Phi) is 7.51. The van der Waals surface area contributed by atoms with Crippen molar-refractivity contribution in [1.29, 1.82) is 0 Å². The van der Waals surface area contributed by atoms with E-state index in [2.05, 4.69) is 74.9 Å². The maximum absolute atomic E-state index is 6.08. The van der Waals surface area contributed by atoms with Gasteiger partial charge in [0.25, 0.3) is 0 Å². The van der Waals surface area contributed by atoms with Crippen molar-refractivity contribution in [2.24, 2.45) is 0 Å². The summed E-state index contributed by atoms with van der Waals surface area (Å²) >= 11 is 9.59. The van der Waals surface area contributed by atoms with Gasteiger partial charge in [-0.1, -0.05) is 28.1 Å². The Morgan fingerprint density at radius 3 is 2.20 bits per heavy atom. The Balaban J connectivity index is 1.39. The number of halogens is 1. The first kappa shape index (κ1) is 27.1. The van der Waals surface area contributed by atoms with Gasteiger partial charge in [0, 0.05) is 33.4 Å². The van der Waals surface area contributed by atoms with E-state index >= 15 is 0 Å². The van der Waals surface area contributed by atoms with Crippen molar-refractivity contribution in [1.82, 2.24) is 14.9 Å². The number of methoxy groups -OCH3 is 1. The van der Waals surface area contributed by atoms with Crippen molar-refractivity contribution in [2.45, 2.75) is 25.9 Å². The zero-order chi connectivity index (χ0) is 28.5. The van der Waals surface area contributed by atoms with Crippen LogP contribution in [-0.4, -0.2) is 21.8 Å². The molecule has 2 aromatic heterocycles. The number of aromatic nitrogens is 2. The lowest BCUT2D eigenvalue weighted by molar-refractivity contribution is 0.413. The molecule has 0 bridgehead atoms. The largest absolute Gasteiger partial charge is 0.497 e. The van der Waals surface area contributed by atoms with Crippen LogP contribution in [0.5, 0.6) is 17.2 Å². The first-order valence-corrected chi connectivity index (χ1v) is 14.5. The van der Waals surface area contributed by atoms with Gasteiger partial charge in [0.05, 0.1) is 24.9 Å². The van der Waals surface area contributed by atoms with E-state index in [0.29, 0.717) is 5.11 Å². The van der Waals surface area contributed by atoms with E-state index < -0.39 is 0 Å². The quantitative estimate of drug-likeness (QED) is 0.184. The Morgan fingerprint density at radius 2 is 1.54 bits per heavy atom. The van der Waals surface area contributed by atoms with Gasteiger partial charge in [-0.2, -0.15) is 0 Å². The van der Waals surface area contributed by atoms with Crippen molar-refractivity contribution in [3.05, 3.63) is 130 Å². The zero-order valence-corrected chi connectivity index (χ0v) is 25.3. The number of thiocarbonyl (C=S) groups is 1. The molecule has 41 heavy (non-hydrogen) atoms. The summed E-state index contributed by atoms with van der Waals surface area (Å²) in [6.45, 7) is 4.31. The molecule has 1 fully saturated rings. The average Bonchev–Trinajstić information content (AvgIpc) is 3.49. The number of hydrogen-bond acceptors (Lipinski definition) is 4. The standard InChI is InChI=1S/C33H29BrN4O2S/c1-21-19-29(22(2)37(21)25-8-6-7-23(34)20-25)32-31(30-9-4-5-18-35-30)36-33(41)38(32)24-10-12-27(13-11-24)40-28-16-14-26(39-3)15-17-28/h4-20,31-32H,1-3H3,(H,36,41)/t31-,32+/m1/s1. The van der Waals surface area contributed by atoms with Gasteiger partial charge in [-0.25, -0.2) is 0 Å². The SMILES string of the molecule is COc1ccc(Oc2ccc(N3C(=S)N[C@H](c4ccccn4)[C@@H]3c3cc(C)n(-c4cccc(Br)c4)c3C)cc2)cc1. The van der Waals surface area contributed by atoms with Crippen LogP contribution in [0.3, 0.4) is 0 Å². The number of rotatable bonds is 7. The van der Waals surface area contributed by atoms with E-state index in [1.165, 1.54) is 5.56 Å². The summed E-state index contributed by atoms with van der Waals surface area (Å²) < 4.78 is 14.7. The number of benzene rings is 3. The molecule has 1 aliphatic heterocycles. The van der Waals surface area contributed by atoms with Crippen LogP contribution in [0, 0.1) is 13.8 Å². The predicted molar refractivity (Wildman–Crippen MR) is 170 cm³/mol. The van der Waals surface area contributed by atoms with E-state index in [1.807, 2.05) is 72.9 Å². The highest BCUT2D eigenvalue weighted by Crippen LogP contribution is 2.44. The molecule has 3 aromatic carbocycles. The van der Waals surface area contributed by atoms with E-state index in [4.69, 9.17) is 26.7 Å². The van der Waals surface area contributed by atoms with E-state index in [1.54, 1.807) is 7.11 Å². The van der Waals surface area contributed by atoms with Crippen LogP contribution in [0.15, 0.2) is 108 Å². The lowest BCUT2D eigenvalue weighted by Gasteiger charge is -2.28.